The Morgan fingerprint density at radius 2 is 1.79 bits per heavy atom. The number of thioether (sulfide) groups is 1. The molecule has 0 bridgehead atoms. The second-order valence-electron chi connectivity index (χ2n) is 6.62. The van der Waals surface area contributed by atoms with E-state index in [1.807, 2.05) is 29.8 Å². The van der Waals surface area contributed by atoms with E-state index in [-0.39, 0.29) is 0 Å². The predicted molar refractivity (Wildman–Crippen MR) is 114 cm³/mol. The molecule has 4 rings (SSSR count). The molecule has 0 N–H and O–H groups in total. The summed E-state index contributed by atoms with van der Waals surface area (Å²) < 4.78 is 3.99. The van der Waals surface area contributed by atoms with Crippen LogP contribution in [0.5, 0.6) is 0 Å². The van der Waals surface area contributed by atoms with Crippen molar-refractivity contribution in [1.29, 1.82) is 0 Å². The van der Waals surface area contributed by atoms with E-state index < -0.39 is 0 Å². The van der Waals surface area contributed by atoms with E-state index >= 15 is 0 Å². The lowest BCUT2D eigenvalue weighted by Gasteiger charge is -2.12. The van der Waals surface area contributed by atoms with E-state index in [9.17, 15) is 0 Å². The molecule has 2 heterocycles. The van der Waals surface area contributed by atoms with Gasteiger partial charge in [0.15, 0.2) is 11.0 Å². The molecular weight excluding hydrogens is 390 g/mol. The molecule has 0 unspecified atom stereocenters. The summed E-state index contributed by atoms with van der Waals surface area (Å²) in [6, 6.07) is 16.5. The van der Waals surface area contributed by atoms with Crippen LogP contribution >= 0.6 is 23.4 Å². The monoisotopic (exact) mass is 409 g/mol. The summed E-state index contributed by atoms with van der Waals surface area (Å²) >= 11 is 7.71. The number of benzene rings is 2. The van der Waals surface area contributed by atoms with Crippen LogP contribution in [-0.2, 0) is 12.8 Å². The van der Waals surface area contributed by atoms with E-state index in [1.54, 1.807) is 18.0 Å². The molecule has 2 aromatic heterocycles. The second kappa shape index (κ2) is 7.81. The van der Waals surface area contributed by atoms with Crippen molar-refractivity contribution < 1.29 is 0 Å². The first kappa shape index (κ1) is 18.8. The van der Waals surface area contributed by atoms with E-state index in [4.69, 9.17) is 11.6 Å². The predicted octanol–water partition coefficient (Wildman–Crippen LogP) is 5.23. The van der Waals surface area contributed by atoms with Gasteiger partial charge in [-0.25, -0.2) is 4.98 Å². The zero-order chi connectivity index (χ0) is 19.7. The van der Waals surface area contributed by atoms with E-state index in [2.05, 4.69) is 63.9 Å². The highest BCUT2D eigenvalue weighted by atomic mass is 35.5. The first-order chi connectivity index (χ1) is 13.5. The molecule has 0 aliphatic rings. The van der Waals surface area contributed by atoms with Gasteiger partial charge in [0.2, 0.25) is 0 Å². The molecule has 7 heteroatoms. The lowest BCUT2D eigenvalue weighted by molar-refractivity contribution is 0.842. The van der Waals surface area contributed by atoms with Gasteiger partial charge in [-0.2, -0.15) is 0 Å². The molecule has 4 aromatic rings. The molecule has 28 heavy (non-hydrogen) atoms. The molecular formula is C21H20ClN5S. The lowest BCUT2D eigenvalue weighted by atomic mass is 10.1. The number of aryl methyl sites for hydroxylation is 2. The largest absolute Gasteiger partial charge is 0.322 e. The lowest BCUT2D eigenvalue weighted by Crippen LogP contribution is -2.02. The van der Waals surface area contributed by atoms with Gasteiger partial charge in [0.25, 0.3) is 0 Å². The van der Waals surface area contributed by atoms with Crippen LogP contribution in [0.4, 0.5) is 0 Å². The maximum Gasteiger partial charge on any atom is 0.196 e. The summed E-state index contributed by atoms with van der Waals surface area (Å²) in [5.41, 5.74) is 4.57. The summed E-state index contributed by atoms with van der Waals surface area (Å²) in [7, 11) is 1.91. The third-order valence-electron chi connectivity index (χ3n) is 4.77. The van der Waals surface area contributed by atoms with Crippen molar-refractivity contribution in [2.45, 2.75) is 24.8 Å². The van der Waals surface area contributed by atoms with Crippen molar-refractivity contribution in [2.75, 3.05) is 0 Å². The van der Waals surface area contributed by atoms with Crippen LogP contribution in [0.25, 0.3) is 17.1 Å². The third-order valence-corrected chi connectivity index (χ3v) is 6.05. The number of nitrogens with zero attached hydrogens (tertiary/aromatic N) is 5. The van der Waals surface area contributed by atoms with Gasteiger partial charge in [-0.05, 0) is 37.1 Å². The maximum absolute atomic E-state index is 6.11. The molecule has 5 nitrogen and oxygen atoms in total. The quantitative estimate of drug-likeness (QED) is 0.423. The van der Waals surface area contributed by atoms with Gasteiger partial charge in [0, 0.05) is 12.6 Å². The number of halogens is 1. The van der Waals surface area contributed by atoms with E-state index in [0.29, 0.717) is 10.9 Å². The van der Waals surface area contributed by atoms with Crippen molar-refractivity contribution >= 4 is 23.4 Å². The Morgan fingerprint density at radius 1 is 1.00 bits per heavy atom. The first-order valence-corrected chi connectivity index (χ1v) is 10.3. The van der Waals surface area contributed by atoms with Crippen LogP contribution in [0.2, 0.25) is 5.15 Å². The number of hydrogen-bond donors (Lipinski definition) is 0. The zero-order valence-corrected chi connectivity index (χ0v) is 17.5. The maximum atomic E-state index is 6.11. The fraction of sp³-hybridized carbons (Fsp3) is 0.190. The van der Waals surface area contributed by atoms with Crippen LogP contribution in [0.15, 0.2) is 59.9 Å². The summed E-state index contributed by atoms with van der Waals surface area (Å²) in [4.78, 5) is 4.38. The Hall–Kier alpha value is -2.57. The SMILES string of the molecule is Cc1ccc(-n2c(SCc3ncc(Cl)n3C)nnc2-c2ccccc2)cc1C. The molecule has 0 radical (unpaired) electrons. The van der Waals surface area contributed by atoms with E-state index in [0.717, 1.165) is 28.1 Å². The average Bonchev–Trinajstić information content (AvgIpc) is 3.27. The van der Waals surface area contributed by atoms with Crippen LogP contribution in [0, 0.1) is 13.8 Å². The van der Waals surface area contributed by atoms with Crippen LogP contribution in [0.3, 0.4) is 0 Å². The minimum Gasteiger partial charge on any atom is -0.322 e. The van der Waals surface area contributed by atoms with Gasteiger partial charge >= 0.3 is 0 Å². The Labute approximate surface area is 173 Å². The fourth-order valence-corrected chi connectivity index (χ4v) is 4.01. The highest BCUT2D eigenvalue weighted by Crippen LogP contribution is 2.30. The summed E-state index contributed by atoms with van der Waals surface area (Å²) in [6.45, 7) is 4.23. The summed E-state index contributed by atoms with van der Waals surface area (Å²) in [6.07, 6.45) is 1.67. The van der Waals surface area contributed by atoms with Crippen LogP contribution in [0.1, 0.15) is 17.0 Å². The number of rotatable bonds is 5. The van der Waals surface area contributed by atoms with Crippen molar-refractivity contribution in [1.82, 2.24) is 24.3 Å². The fourth-order valence-electron chi connectivity index (χ4n) is 2.92. The van der Waals surface area contributed by atoms with Gasteiger partial charge in [-0.3, -0.25) is 4.57 Å². The Bertz CT molecular complexity index is 1120. The molecule has 2 aromatic carbocycles. The molecule has 0 spiro atoms. The Kier molecular flexibility index (Phi) is 5.24. The molecule has 0 aliphatic heterocycles. The van der Waals surface area contributed by atoms with Crippen LogP contribution < -0.4 is 0 Å². The van der Waals surface area contributed by atoms with Gasteiger partial charge < -0.3 is 4.57 Å². The van der Waals surface area contributed by atoms with Crippen molar-refractivity contribution in [2.24, 2.45) is 7.05 Å². The first-order valence-electron chi connectivity index (χ1n) is 8.92. The van der Waals surface area contributed by atoms with E-state index in [1.165, 1.54) is 11.1 Å². The summed E-state index contributed by atoms with van der Waals surface area (Å²) in [5.74, 6) is 2.37. The minimum absolute atomic E-state index is 0.621. The number of imidazole rings is 1. The smallest absolute Gasteiger partial charge is 0.196 e. The molecule has 0 saturated heterocycles. The molecule has 0 fully saturated rings. The van der Waals surface area contributed by atoms with Gasteiger partial charge in [-0.15, -0.1) is 10.2 Å². The van der Waals surface area contributed by atoms with Gasteiger partial charge in [-0.1, -0.05) is 59.8 Å². The highest BCUT2D eigenvalue weighted by molar-refractivity contribution is 7.98. The number of hydrogen-bond acceptors (Lipinski definition) is 4. The molecule has 0 atom stereocenters. The molecule has 0 aliphatic carbocycles. The van der Waals surface area contributed by atoms with Gasteiger partial charge in [0.1, 0.15) is 11.0 Å². The highest BCUT2D eigenvalue weighted by Gasteiger charge is 2.17. The second-order valence-corrected chi connectivity index (χ2v) is 7.95. The van der Waals surface area contributed by atoms with Crippen molar-refractivity contribution in [3.63, 3.8) is 0 Å². The number of aromatic nitrogens is 5. The Morgan fingerprint density at radius 3 is 2.46 bits per heavy atom. The molecule has 0 amide bonds. The van der Waals surface area contributed by atoms with Crippen molar-refractivity contribution in [3.05, 3.63) is 76.8 Å². The Balaban J connectivity index is 1.76. The van der Waals surface area contributed by atoms with Gasteiger partial charge in [0.05, 0.1) is 17.6 Å². The van der Waals surface area contributed by atoms with Crippen LogP contribution in [-0.4, -0.2) is 24.3 Å². The minimum atomic E-state index is 0.621. The third kappa shape index (κ3) is 3.57. The average molecular weight is 410 g/mol. The normalized spacial score (nSPS) is 11.1. The zero-order valence-electron chi connectivity index (χ0n) is 15.9. The molecule has 0 saturated carbocycles. The molecule has 142 valence electrons. The topological polar surface area (TPSA) is 48.5 Å². The summed E-state index contributed by atoms with van der Waals surface area (Å²) in [5, 5.41) is 10.4. The van der Waals surface area contributed by atoms with Crippen molar-refractivity contribution in [3.8, 4) is 17.1 Å². The standard InChI is InChI=1S/C21H20ClN5S/c1-14-9-10-17(11-15(14)2)27-20(16-7-5-4-6-8-16)24-25-21(27)28-13-19-23-12-18(22)26(19)3/h4-12H,13H2,1-3H3.